The predicted octanol–water partition coefficient (Wildman–Crippen LogP) is 6.71. The van der Waals surface area contributed by atoms with E-state index in [4.69, 9.17) is 9.72 Å². The molecule has 1 N–H and O–H groups in total. The van der Waals surface area contributed by atoms with Crippen molar-refractivity contribution in [2.75, 3.05) is 30.0 Å². The van der Waals surface area contributed by atoms with Crippen molar-refractivity contribution < 1.29 is 4.74 Å². The highest BCUT2D eigenvalue weighted by molar-refractivity contribution is 5.86. The van der Waals surface area contributed by atoms with Crippen molar-refractivity contribution in [2.45, 2.75) is 39.5 Å². The minimum absolute atomic E-state index is 0.516. The van der Waals surface area contributed by atoms with E-state index < -0.39 is 0 Å². The van der Waals surface area contributed by atoms with Crippen LogP contribution in [0.15, 0.2) is 84.1 Å². The number of nitrogens with zero attached hydrogens (tertiary/aromatic N) is 4. The number of fused-ring (bicyclic) bond motifs is 1. The molecule has 0 saturated heterocycles. The van der Waals surface area contributed by atoms with Gasteiger partial charge in [-0.1, -0.05) is 56.7 Å². The van der Waals surface area contributed by atoms with Gasteiger partial charge in [0, 0.05) is 43.2 Å². The molecule has 0 fully saturated rings. The molecule has 4 rings (SSSR count). The standard InChI is InChI=1S/C30H35N5O/c1-3-5-18-35(17-4-2)29-21-28(33-30(22-29)36-19-15-26-12-8-9-16-31-26)23-32-34-27-14-13-24-10-6-7-11-25(24)20-27/h6-14,16,20-23,34H,3-5,15,17-19H2,1-2H3/b32-23+. The largest absolute Gasteiger partial charge is 0.477 e. The first kappa shape index (κ1) is 25.2. The highest BCUT2D eigenvalue weighted by Gasteiger charge is 2.10. The van der Waals surface area contributed by atoms with Gasteiger partial charge in [0.15, 0.2) is 0 Å². The highest BCUT2D eigenvalue weighted by atomic mass is 16.5. The first-order valence-corrected chi connectivity index (χ1v) is 12.8. The van der Waals surface area contributed by atoms with Crippen LogP contribution in [0.25, 0.3) is 10.8 Å². The Balaban J connectivity index is 1.51. The molecule has 0 aliphatic carbocycles. The summed E-state index contributed by atoms with van der Waals surface area (Å²) in [5.74, 6) is 0.605. The molecule has 0 spiro atoms. The molecule has 0 aliphatic heterocycles. The van der Waals surface area contributed by atoms with Crippen molar-refractivity contribution in [1.82, 2.24) is 9.97 Å². The molecule has 186 valence electrons. The minimum Gasteiger partial charge on any atom is -0.477 e. The summed E-state index contributed by atoms with van der Waals surface area (Å²) in [5, 5.41) is 6.85. The Morgan fingerprint density at radius 2 is 1.78 bits per heavy atom. The predicted molar refractivity (Wildman–Crippen MR) is 150 cm³/mol. The van der Waals surface area contributed by atoms with Gasteiger partial charge < -0.3 is 9.64 Å². The van der Waals surface area contributed by atoms with E-state index in [2.05, 4.69) is 64.6 Å². The fourth-order valence-corrected chi connectivity index (χ4v) is 4.06. The van der Waals surface area contributed by atoms with E-state index in [1.54, 1.807) is 6.21 Å². The Morgan fingerprint density at radius 3 is 2.58 bits per heavy atom. The SMILES string of the molecule is CCCCN(CCC)c1cc(/C=N/Nc2ccc3ccccc3c2)nc(OCCc2ccccn2)c1. The number of pyridine rings is 2. The highest BCUT2D eigenvalue weighted by Crippen LogP contribution is 2.23. The van der Waals surface area contributed by atoms with Crippen molar-refractivity contribution in [1.29, 1.82) is 0 Å². The van der Waals surface area contributed by atoms with Gasteiger partial charge in [-0.15, -0.1) is 0 Å². The van der Waals surface area contributed by atoms with Crippen LogP contribution in [0.4, 0.5) is 11.4 Å². The van der Waals surface area contributed by atoms with Crippen LogP contribution < -0.4 is 15.1 Å². The molecular weight excluding hydrogens is 446 g/mol. The molecule has 0 aliphatic rings. The van der Waals surface area contributed by atoms with Gasteiger partial charge in [0.25, 0.3) is 0 Å². The van der Waals surface area contributed by atoms with Crippen molar-refractivity contribution in [2.24, 2.45) is 5.10 Å². The maximum Gasteiger partial charge on any atom is 0.215 e. The Morgan fingerprint density at radius 1 is 0.917 bits per heavy atom. The van der Waals surface area contributed by atoms with Crippen LogP contribution in [0.2, 0.25) is 0 Å². The lowest BCUT2D eigenvalue weighted by Gasteiger charge is -2.25. The first-order valence-electron chi connectivity index (χ1n) is 12.8. The van der Waals surface area contributed by atoms with E-state index in [0.29, 0.717) is 12.5 Å². The third kappa shape index (κ3) is 7.28. The number of rotatable bonds is 13. The second kappa shape index (κ2) is 13.2. The van der Waals surface area contributed by atoms with E-state index in [-0.39, 0.29) is 0 Å². The molecule has 0 radical (unpaired) electrons. The number of anilines is 2. The first-order chi connectivity index (χ1) is 17.7. The number of hydrazone groups is 1. The molecule has 0 atom stereocenters. The third-order valence-electron chi connectivity index (χ3n) is 5.92. The fourth-order valence-electron chi connectivity index (χ4n) is 4.06. The van der Waals surface area contributed by atoms with E-state index >= 15 is 0 Å². The smallest absolute Gasteiger partial charge is 0.215 e. The lowest BCUT2D eigenvalue weighted by Crippen LogP contribution is -2.25. The van der Waals surface area contributed by atoms with Crippen molar-refractivity contribution in [3.8, 4) is 5.88 Å². The molecular formula is C30H35N5O. The zero-order valence-electron chi connectivity index (χ0n) is 21.2. The second-order valence-corrected chi connectivity index (χ2v) is 8.78. The molecule has 0 unspecified atom stereocenters. The maximum atomic E-state index is 6.08. The summed E-state index contributed by atoms with van der Waals surface area (Å²) in [6.07, 6.45) is 7.67. The minimum atomic E-state index is 0.516. The quantitative estimate of drug-likeness (QED) is 0.170. The molecule has 6 heteroatoms. The Hall–Kier alpha value is -3.93. The van der Waals surface area contributed by atoms with Gasteiger partial charge in [0.1, 0.15) is 0 Å². The third-order valence-corrected chi connectivity index (χ3v) is 5.92. The number of unbranched alkanes of at least 4 members (excludes halogenated alkanes) is 1. The van der Waals surface area contributed by atoms with Gasteiger partial charge in [-0.3, -0.25) is 10.4 Å². The normalized spacial score (nSPS) is 11.2. The molecule has 2 aromatic carbocycles. The van der Waals surface area contributed by atoms with Crippen molar-refractivity contribution >= 4 is 28.4 Å². The van der Waals surface area contributed by atoms with Gasteiger partial charge in [0.05, 0.1) is 24.2 Å². The summed E-state index contributed by atoms with van der Waals surface area (Å²) in [4.78, 5) is 11.5. The van der Waals surface area contributed by atoms with Crippen LogP contribution >= 0.6 is 0 Å². The summed E-state index contributed by atoms with van der Waals surface area (Å²) in [6, 6.07) is 24.6. The number of nitrogens with one attached hydrogen (secondary N) is 1. The van der Waals surface area contributed by atoms with Crippen LogP contribution in [0.3, 0.4) is 0 Å². The average Bonchev–Trinajstić information content (AvgIpc) is 2.91. The van der Waals surface area contributed by atoms with E-state index in [0.717, 1.165) is 61.5 Å². The van der Waals surface area contributed by atoms with Gasteiger partial charge >= 0.3 is 0 Å². The Bertz CT molecular complexity index is 1260. The fraction of sp³-hybridized carbons (Fsp3) is 0.300. The zero-order valence-corrected chi connectivity index (χ0v) is 21.2. The molecule has 4 aromatic rings. The number of hydrogen-bond donors (Lipinski definition) is 1. The number of ether oxygens (including phenoxy) is 1. The summed E-state index contributed by atoms with van der Waals surface area (Å²) in [6.45, 7) is 6.94. The lowest BCUT2D eigenvalue weighted by molar-refractivity contribution is 0.308. The van der Waals surface area contributed by atoms with Crippen LogP contribution in [-0.4, -0.2) is 35.9 Å². The number of hydrogen-bond acceptors (Lipinski definition) is 6. The molecule has 0 saturated carbocycles. The maximum absolute atomic E-state index is 6.08. The van der Waals surface area contributed by atoms with Crippen LogP contribution in [0, 0.1) is 0 Å². The van der Waals surface area contributed by atoms with E-state index in [1.165, 1.54) is 10.8 Å². The molecule has 36 heavy (non-hydrogen) atoms. The summed E-state index contributed by atoms with van der Waals surface area (Å²) >= 11 is 0. The van der Waals surface area contributed by atoms with Crippen LogP contribution in [-0.2, 0) is 6.42 Å². The molecule has 2 aromatic heterocycles. The summed E-state index contributed by atoms with van der Waals surface area (Å²) in [5.41, 5.74) is 6.95. The van der Waals surface area contributed by atoms with E-state index in [1.807, 2.05) is 48.7 Å². The second-order valence-electron chi connectivity index (χ2n) is 8.78. The molecule has 0 amide bonds. The molecule has 2 heterocycles. The van der Waals surface area contributed by atoms with Crippen molar-refractivity contribution in [3.05, 3.63) is 90.4 Å². The van der Waals surface area contributed by atoms with Crippen LogP contribution in [0.5, 0.6) is 5.88 Å². The van der Waals surface area contributed by atoms with Gasteiger partial charge in [0.2, 0.25) is 5.88 Å². The summed E-state index contributed by atoms with van der Waals surface area (Å²) in [7, 11) is 0. The Kier molecular flexibility index (Phi) is 9.26. The topological polar surface area (TPSA) is 62.6 Å². The monoisotopic (exact) mass is 481 g/mol. The molecule has 0 bridgehead atoms. The van der Waals surface area contributed by atoms with Gasteiger partial charge in [-0.2, -0.15) is 5.10 Å². The van der Waals surface area contributed by atoms with Gasteiger partial charge in [-0.25, -0.2) is 4.98 Å². The lowest BCUT2D eigenvalue weighted by atomic mass is 10.1. The van der Waals surface area contributed by atoms with Crippen molar-refractivity contribution in [3.63, 3.8) is 0 Å². The number of aromatic nitrogens is 2. The Labute approximate surface area is 214 Å². The van der Waals surface area contributed by atoms with Gasteiger partial charge in [-0.05, 0) is 53.9 Å². The molecule has 6 nitrogen and oxygen atoms in total. The van der Waals surface area contributed by atoms with E-state index in [9.17, 15) is 0 Å². The number of benzene rings is 2. The average molecular weight is 482 g/mol. The summed E-state index contributed by atoms with van der Waals surface area (Å²) < 4.78 is 6.08. The zero-order chi connectivity index (χ0) is 25.0. The van der Waals surface area contributed by atoms with Crippen LogP contribution in [0.1, 0.15) is 44.5 Å².